The van der Waals surface area contributed by atoms with Crippen LogP contribution in [0.15, 0.2) is 24.3 Å². The molecule has 2 rings (SSSR count). The summed E-state index contributed by atoms with van der Waals surface area (Å²) in [5, 5.41) is 5.76. The van der Waals surface area contributed by atoms with E-state index in [-0.39, 0.29) is 18.5 Å². The molecular formula is C14H19ClN3O2+. The molecule has 3 N–H and O–H groups in total. The van der Waals surface area contributed by atoms with Crippen LogP contribution in [0.2, 0.25) is 5.02 Å². The first-order chi connectivity index (χ1) is 9.52. The van der Waals surface area contributed by atoms with Gasteiger partial charge in [0.05, 0.1) is 7.05 Å². The van der Waals surface area contributed by atoms with E-state index in [2.05, 4.69) is 10.6 Å². The molecule has 1 aliphatic carbocycles. The zero-order valence-electron chi connectivity index (χ0n) is 11.4. The van der Waals surface area contributed by atoms with Crippen molar-refractivity contribution in [1.29, 1.82) is 0 Å². The van der Waals surface area contributed by atoms with Crippen LogP contribution < -0.4 is 15.5 Å². The Morgan fingerprint density at radius 1 is 1.30 bits per heavy atom. The molecule has 0 spiro atoms. The van der Waals surface area contributed by atoms with Crippen molar-refractivity contribution >= 4 is 23.5 Å². The zero-order chi connectivity index (χ0) is 14.5. The Labute approximate surface area is 123 Å². The fourth-order valence-electron chi connectivity index (χ4n) is 1.91. The van der Waals surface area contributed by atoms with E-state index in [1.165, 1.54) is 0 Å². The van der Waals surface area contributed by atoms with Gasteiger partial charge in [-0.1, -0.05) is 23.7 Å². The Morgan fingerprint density at radius 2 is 1.95 bits per heavy atom. The Bertz CT molecular complexity index is 486. The highest BCUT2D eigenvalue weighted by Crippen LogP contribution is 2.18. The van der Waals surface area contributed by atoms with Gasteiger partial charge in [-0.2, -0.15) is 0 Å². The molecule has 0 aliphatic heterocycles. The van der Waals surface area contributed by atoms with Gasteiger partial charge in [0, 0.05) is 16.6 Å². The number of hydrogen-bond acceptors (Lipinski definition) is 2. The topological polar surface area (TPSA) is 62.6 Å². The van der Waals surface area contributed by atoms with Crippen LogP contribution in [-0.4, -0.2) is 31.6 Å². The number of carbonyl (C=O) groups is 2. The van der Waals surface area contributed by atoms with Gasteiger partial charge >= 0.3 is 6.03 Å². The monoisotopic (exact) mass is 296 g/mol. The van der Waals surface area contributed by atoms with Crippen LogP contribution in [0.1, 0.15) is 18.4 Å². The maximum atomic E-state index is 11.7. The maximum Gasteiger partial charge on any atom is 0.321 e. The van der Waals surface area contributed by atoms with Gasteiger partial charge in [0.2, 0.25) is 0 Å². The van der Waals surface area contributed by atoms with Crippen molar-refractivity contribution in [3.05, 3.63) is 34.9 Å². The summed E-state index contributed by atoms with van der Waals surface area (Å²) < 4.78 is 0. The number of nitrogens with one attached hydrogen (secondary N) is 3. The molecule has 1 fully saturated rings. The van der Waals surface area contributed by atoms with E-state index in [0.717, 1.165) is 23.3 Å². The summed E-state index contributed by atoms with van der Waals surface area (Å²) in [4.78, 5) is 24.1. The van der Waals surface area contributed by atoms with E-state index >= 15 is 0 Å². The predicted molar refractivity (Wildman–Crippen MR) is 76.6 cm³/mol. The summed E-state index contributed by atoms with van der Waals surface area (Å²) >= 11 is 5.82. The van der Waals surface area contributed by atoms with E-state index in [4.69, 9.17) is 11.6 Å². The van der Waals surface area contributed by atoms with Crippen LogP contribution >= 0.6 is 11.6 Å². The van der Waals surface area contributed by atoms with Gasteiger partial charge in [0.25, 0.3) is 5.91 Å². The molecule has 1 aromatic rings. The van der Waals surface area contributed by atoms with Crippen LogP contribution in [0, 0.1) is 0 Å². The van der Waals surface area contributed by atoms with Gasteiger partial charge < -0.3 is 10.2 Å². The molecule has 0 heterocycles. The molecule has 1 aliphatic rings. The summed E-state index contributed by atoms with van der Waals surface area (Å²) in [5.74, 6) is -0.269. The number of amides is 3. The summed E-state index contributed by atoms with van der Waals surface area (Å²) in [5.41, 5.74) is 1.10. The molecular weight excluding hydrogens is 278 g/mol. The van der Waals surface area contributed by atoms with Crippen LogP contribution in [0.5, 0.6) is 0 Å². The van der Waals surface area contributed by atoms with Crippen molar-refractivity contribution in [2.24, 2.45) is 0 Å². The van der Waals surface area contributed by atoms with Crippen LogP contribution in [0.25, 0.3) is 0 Å². The summed E-state index contributed by atoms with van der Waals surface area (Å²) in [6, 6.07) is 7.38. The second-order valence-corrected chi connectivity index (χ2v) is 5.67. The fourth-order valence-corrected chi connectivity index (χ4v) is 2.03. The Kier molecular flexibility index (Phi) is 4.98. The van der Waals surface area contributed by atoms with Gasteiger partial charge in [-0.15, -0.1) is 0 Å². The number of likely N-dealkylation sites (N-methyl/N-ethyl adjacent to an activating group) is 1. The molecule has 3 amide bonds. The van der Waals surface area contributed by atoms with E-state index in [9.17, 15) is 9.59 Å². The number of halogens is 1. The zero-order valence-corrected chi connectivity index (χ0v) is 12.2. The number of quaternary nitrogens is 1. The first-order valence-electron chi connectivity index (χ1n) is 6.69. The summed E-state index contributed by atoms with van der Waals surface area (Å²) in [6.07, 6.45) is 2.01. The van der Waals surface area contributed by atoms with Gasteiger partial charge in [-0.25, -0.2) is 4.79 Å². The molecule has 6 heteroatoms. The Hall–Kier alpha value is -1.59. The molecule has 5 nitrogen and oxygen atoms in total. The summed E-state index contributed by atoms with van der Waals surface area (Å²) in [6.45, 7) is 0.954. The average Bonchev–Trinajstić information content (AvgIpc) is 3.15. The SMILES string of the molecule is C[NH+](CC(=O)NC(=O)NC1CC1)Cc1ccc(Cl)cc1. The lowest BCUT2D eigenvalue weighted by Crippen LogP contribution is -3.09. The second kappa shape index (κ2) is 6.72. The molecule has 0 saturated heterocycles. The molecule has 20 heavy (non-hydrogen) atoms. The van der Waals surface area contributed by atoms with Gasteiger partial charge in [0.15, 0.2) is 6.54 Å². The predicted octanol–water partition coefficient (Wildman–Crippen LogP) is 0.343. The number of carbonyl (C=O) groups excluding carboxylic acids is 2. The quantitative estimate of drug-likeness (QED) is 0.734. The van der Waals surface area contributed by atoms with Crippen molar-refractivity contribution in [2.75, 3.05) is 13.6 Å². The van der Waals surface area contributed by atoms with E-state index < -0.39 is 6.03 Å². The van der Waals surface area contributed by atoms with Gasteiger partial charge in [-0.05, 0) is 25.0 Å². The van der Waals surface area contributed by atoms with Crippen LogP contribution in [-0.2, 0) is 11.3 Å². The van der Waals surface area contributed by atoms with Crippen molar-refractivity contribution in [3.8, 4) is 0 Å². The van der Waals surface area contributed by atoms with Crippen molar-refractivity contribution in [1.82, 2.24) is 10.6 Å². The third-order valence-electron chi connectivity index (χ3n) is 3.05. The smallest absolute Gasteiger partial charge is 0.321 e. The molecule has 108 valence electrons. The fraction of sp³-hybridized carbons (Fsp3) is 0.429. The number of benzene rings is 1. The second-order valence-electron chi connectivity index (χ2n) is 5.23. The van der Waals surface area contributed by atoms with Crippen molar-refractivity contribution in [3.63, 3.8) is 0 Å². The van der Waals surface area contributed by atoms with E-state index in [1.807, 2.05) is 31.3 Å². The molecule has 0 radical (unpaired) electrons. The van der Waals surface area contributed by atoms with Crippen molar-refractivity contribution in [2.45, 2.75) is 25.4 Å². The first kappa shape index (κ1) is 14.8. The minimum atomic E-state index is -0.392. The highest BCUT2D eigenvalue weighted by molar-refractivity contribution is 6.30. The Morgan fingerprint density at radius 3 is 2.55 bits per heavy atom. The third-order valence-corrected chi connectivity index (χ3v) is 3.30. The number of rotatable bonds is 5. The molecule has 1 atom stereocenters. The average molecular weight is 297 g/mol. The minimum Gasteiger partial charge on any atom is -0.335 e. The lowest BCUT2D eigenvalue weighted by molar-refractivity contribution is -0.885. The third kappa shape index (κ3) is 5.19. The molecule has 1 saturated carbocycles. The Balaban J connectivity index is 1.72. The lowest BCUT2D eigenvalue weighted by Gasteiger charge is -2.13. The standard InChI is InChI=1S/C14H18ClN3O2/c1-18(8-10-2-4-11(15)5-3-10)9-13(19)17-14(20)16-12-6-7-12/h2-5,12H,6-9H2,1H3,(H2,16,17,19,20)/p+1. The van der Waals surface area contributed by atoms with Gasteiger partial charge in [0.1, 0.15) is 6.54 Å². The highest BCUT2D eigenvalue weighted by Gasteiger charge is 2.24. The highest BCUT2D eigenvalue weighted by atomic mass is 35.5. The van der Waals surface area contributed by atoms with Crippen LogP contribution in [0.3, 0.4) is 0 Å². The van der Waals surface area contributed by atoms with Crippen LogP contribution in [0.4, 0.5) is 4.79 Å². The molecule has 1 aromatic carbocycles. The number of imide groups is 1. The first-order valence-corrected chi connectivity index (χ1v) is 7.07. The lowest BCUT2D eigenvalue weighted by atomic mass is 10.2. The van der Waals surface area contributed by atoms with Crippen molar-refractivity contribution < 1.29 is 14.5 Å². The number of hydrogen-bond donors (Lipinski definition) is 3. The largest absolute Gasteiger partial charge is 0.335 e. The molecule has 0 aromatic heterocycles. The maximum absolute atomic E-state index is 11.7. The van der Waals surface area contributed by atoms with E-state index in [0.29, 0.717) is 11.6 Å². The summed E-state index contributed by atoms with van der Waals surface area (Å²) in [7, 11) is 1.91. The molecule has 1 unspecified atom stereocenters. The number of urea groups is 1. The van der Waals surface area contributed by atoms with E-state index in [1.54, 1.807) is 0 Å². The minimum absolute atomic E-state index is 0.251. The molecule has 0 bridgehead atoms. The van der Waals surface area contributed by atoms with Gasteiger partial charge in [-0.3, -0.25) is 10.1 Å². The normalized spacial score (nSPS) is 15.5.